The lowest BCUT2D eigenvalue weighted by Gasteiger charge is -2.27. The van der Waals surface area contributed by atoms with E-state index in [4.69, 9.17) is 14.2 Å². The first kappa shape index (κ1) is 28.2. The molecule has 200 valence electrons. The number of rotatable bonds is 9. The highest BCUT2D eigenvalue weighted by Crippen LogP contribution is 2.33. The number of hydrogen-bond acceptors (Lipinski definition) is 7. The van der Waals surface area contributed by atoms with Crippen molar-refractivity contribution < 1.29 is 37.4 Å². The molecule has 1 N–H and O–H groups in total. The van der Waals surface area contributed by atoms with Crippen LogP contribution in [0.4, 0.5) is 8.78 Å². The summed E-state index contributed by atoms with van der Waals surface area (Å²) >= 11 is 0. The van der Waals surface area contributed by atoms with E-state index in [1.165, 1.54) is 56.6 Å². The number of hydrogen-bond donors (Lipinski definition) is 1. The maximum atomic E-state index is 14.9. The molecule has 2 aromatic carbocycles. The molecular formula is C28H28F2N2O6. The lowest BCUT2D eigenvalue weighted by molar-refractivity contribution is -0.150. The highest BCUT2D eigenvalue weighted by Gasteiger charge is 2.30. The molecule has 0 aliphatic heterocycles. The minimum absolute atomic E-state index is 0.103. The van der Waals surface area contributed by atoms with Gasteiger partial charge in [-0.25, -0.2) is 18.6 Å². The second kappa shape index (κ2) is 12.3. The highest BCUT2D eigenvalue weighted by atomic mass is 19.1. The van der Waals surface area contributed by atoms with Gasteiger partial charge in [-0.15, -0.1) is 0 Å². The Morgan fingerprint density at radius 3 is 2.29 bits per heavy atom. The quantitative estimate of drug-likeness (QED) is 0.410. The van der Waals surface area contributed by atoms with Crippen LogP contribution in [0.2, 0.25) is 0 Å². The largest absolute Gasteiger partial charge is 0.493 e. The van der Waals surface area contributed by atoms with Crippen molar-refractivity contribution in [2.75, 3.05) is 7.11 Å². The predicted octanol–water partition coefficient (Wildman–Crippen LogP) is 4.48. The van der Waals surface area contributed by atoms with Gasteiger partial charge >= 0.3 is 11.9 Å². The van der Waals surface area contributed by atoms with E-state index in [2.05, 4.69) is 10.3 Å². The summed E-state index contributed by atoms with van der Waals surface area (Å²) in [5.74, 6) is -4.10. The predicted molar refractivity (Wildman–Crippen MR) is 134 cm³/mol. The van der Waals surface area contributed by atoms with Gasteiger partial charge in [0.2, 0.25) is 5.75 Å². The SMILES string of the molecule is COc1ccnc(C(=O)N[C@@H](C)C(=O)O[C@@H](C)[C@H](c2ccc(F)cc2)c2ccc(C)cc2F)c1OC(C)=O. The number of amides is 1. The van der Waals surface area contributed by atoms with Crippen molar-refractivity contribution in [3.63, 3.8) is 0 Å². The molecule has 0 fully saturated rings. The molecule has 8 nitrogen and oxygen atoms in total. The summed E-state index contributed by atoms with van der Waals surface area (Å²) in [7, 11) is 1.33. The standard InChI is InChI=1S/C28H28F2N2O6/c1-15-6-11-21(22(30)14-15)24(19-7-9-20(29)10-8-19)17(3)37-28(35)16(2)32-27(34)25-26(38-18(4)33)23(36-5)12-13-31-25/h6-14,16-17,24H,1-5H3,(H,32,34)/t16-,17-,24+/m0/s1. The summed E-state index contributed by atoms with van der Waals surface area (Å²) in [5, 5.41) is 2.46. The summed E-state index contributed by atoms with van der Waals surface area (Å²) in [6.07, 6.45) is 0.394. The zero-order valence-electron chi connectivity index (χ0n) is 21.6. The number of nitrogens with one attached hydrogen (secondary N) is 1. The lowest BCUT2D eigenvalue weighted by Crippen LogP contribution is -2.41. The van der Waals surface area contributed by atoms with E-state index in [1.54, 1.807) is 26.0 Å². The molecule has 0 bridgehead atoms. The van der Waals surface area contributed by atoms with Crippen LogP contribution in [0.1, 0.15) is 53.9 Å². The minimum Gasteiger partial charge on any atom is -0.493 e. The van der Waals surface area contributed by atoms with Crippen molar-refractivity contribution in [3.8, 4) is 11.5 Å². The number of pyridine rings is 1. The number of esters is 2. The van der Waals surface area contributed by atoms with Crippen LogP contribution >= 0.6 is 0 Å². The first-order valence-corrected chi connectivity index (χ1v) is 11.8. The van der Waals surface area contributed by atoms with E-state index in [0.717, 1.165) is 6.92 Å². The fourth-order valence-electron chi connectivity index (χ4n) is 3.93. The molecule has 0 radical (unpaired) electrons. The fraction of sp³-hybridized carbons (Fsp3) is 0.286. The average Bonchev–Trinajstić information content (AvgIpc) is 2.86. The molecule has 0 unspecified atom stereocenters. The van der Waals surface area contributed by atoms with E-state index in [1.807, 2.05) is 0 Å². The van der Waals surface area contributed by atoms with Gasteiger partial charge in [-0.3, -0.25) is 9.59 Å². The zero-order valence-corrected chi connectivity index (χ0v) is 21.6. The molecule has 1 aromatic heterocycles. The topological polar surface area (TPSA) is 104 Å². The number of halogens is 2. The van der Waals surface area contributed by atoms with Gasteiger partial charge in [-0.2, -0.15) is 0 Å². The highest BCUT2D eigenvalue weighted by molar-refractivity contribution is 5.98. The molecule has 1 amide bonds. The van der Waals surface area contributed by atoms with Gasteiger partial charge in [0.1, 0.15) is 23.8 Å². The van der Waals surface area contributed by atoms with Crippen LogP contribution in [0.3, 0.4) is 0 Å². The Labute approximate surface area is 218 Å². The van der Waals surface area contributed by atoms with Crippen molar-refractivity contribution in [3.05, 3.63) is 88.7 Å². The van der Waals surface area contributed by atoms with E-state index >= 15 is 0 Å². The molecule has 3 aromatic rings. The molecule has 3 rings (SSSR count). The van der Waals surface area contributed by atoms with Crippen LogP contribution in [0.5, 0.6) is 11.5 Å². The molecule has 3 atom stereocenters. The molecule has 0 aliphatic carbocycles. The van der Waals surface area contributed by atoms with Gasteiger partial charge in [0.15, 0.2) is 11.4 Å². The van der Waals surface area contributed by atoms with E-state index in [-0.39, 0.29) is 22.8 Å². The van der Waals surface area contributed by atoms with Gasteiger partial charge < -0.3 is 19.5 Å². The maximum absolute atomic E-state index is 14.9. The number of benzene rings is 2. The van der Waals surface area contributed by atoms with Crippen LogP contribution in [0, 0.1) is 18.6 Å². The zero-order chi connectivity index (χ0) is 28.0. The molecule has 38 heavy (non-hydrogen) atoms. The Morgan fingerprint density at radius 1 is 1.00 bits per heavy atom. The van der Waals surface area contributed by atoms with Gasteiger partial charge in [-0.05, 0) is 55.7 Å². The number of ether oxygens (including phenoxy) is 3. The maximum Gasteiger partial charge on any atom is 0.328 e. The van der Waals surface area contributed by atoms with Crippen LogP contribution in [0.25, 0.3) is 0 Å². The molecule has 0 saturated carbocycles. The number of aromatic nitrogens is 1. The second-order valence-electron chi connectivity index (χ2n) is 8.68. The molecule has 0 saturated heterocycles. The summed E-state index contributed by atoms with van der Waals surface area (Å²) in [6, 6.07) is 10.4. The summed E-state index contributed by atoms with van der Waals surface area (Å²) in [6.45, 7) is 5.89. The van der Waals surface area contributed by atoms with Gasteiger partial charge in [-0.1, -0.05) is 24.3 Å². The number of carbonyl (C=O) groups is 3. The van der Waals surface area contributed by atoms with Crippen LogP contribution in [-0.2, 0) is 14.3 Å². The molecular weight excluding hydrogens is 498 g/mol. The smallest absolute Gasteiger partial charge is 0.328 e. The Hall–Kier alpha value is -4.34. The third-order valence-electron chi connectivity index (χ3n) is 5.74. The number of aryl methyl sites for hydroxylation is 1. The number of carbonyl (C=O) groups excluding carboxylic acids is 3. The second-order valence-corrected chi connectivity index (χ2v) is 8.68. The first-order valence-electron chi connectivity index (χ1n) is 11.8. The molecule has 10 heteroatoms. The van der Waals surface area contributed by atoms with Crippen molar-refractivity contribution in [1.29, 1.82) is 0 Å². The van der Waals surface area contributed by atoms with Crippen LogP contribution < -0.4 is 14.8 Å². The Bertz CT molecular complexity index is 1330. The first-order chi connectivity index (χ1) is 18.0. The molecule has 1 heterocycles. The van der Waals surface area contributed by atoms with Crippen molar-refractivity contribution in [2.45, 2.75) is 45.8 Å². The minimum atomic E-state index is -1.15. The number of nitrogens with zero attached hydrogens (tertiary/aromatic N) is 1. The summed E-state index contributed by atoms with van der Waals surface area (Å²) < 4.78 is 44.4. The summed E-state index contributed by atoms with van der Waals surface area (Å²) in [5.41, 5.74) is 1.26. The number of methoxy groups -OCH3 is 1. The Balaban J connectivity index is 1.82. The van der Waals surface area contributed by atoms with E-state index in [0.29, 0.717) is 11.1 Å². The molecule has 0 aliphatic rings. The van der Waals surface area contributed by atoms with Crippen LogP contribution in [-0.4, -0.2) is 42.1 Å². The Morgan fingerprint density at radius 2 is 1.68 bits per heavy atom. The van der Waals surface area contributed by atoms with Crippen molar-refractivity contribution in [1.82, 2.24) is 10.3 Å². The average molecular weight is 527 g/mol. The lowest BCUT2D eigenvalue weighted by atomic mass is 9.86. The monoisotopic (exact) mass is 526 g/mol. The van der Waals surface area contributed by atoms with Gasteiger partial charge in [0, 0.05) is 25.1 Å². The van der Waals surface area contributed by atoms with Crippen molar-refractivity contribution in [2.24, 2.45) is 0 Å². The summed E-state index contributed by atoms with van der Waals surface area (Å²) in [4.78, 5) is 41.3. The third-order valence-corrected chi connectivity index (χ3v) is 5.74. The normalized spacial score (nSPS) is 13.1. The van der Waals surface area contributed by atoms with E-state index < -0.39 is 47.5 Å². The van der Waals surface area contributed by atoms with E-state index in [9.17, 15) is 23.2 Å². The third kappa shape index (κ3) is 6.70. The van der Waals surface area contributed by atoms with Gasteiger partial charge in [0.05, 0.1) is 7.11 Å². The van der Waals surface area contributed by atoms with Crippen molar-refractivity contribution >= 4 is 17.8 Å². The van der Waals surface area contributed by atoms with Crippen LogP contribution in [0.15, 0.2) is 54.7 Å². The fourth-order valence-corrected chi connectivity index (χ4v) is 3.93. The van der Waals surface area contributed by atoms with Gasteiger partial charge in [0.25, 0.3) is 5.91 Å². The molecule has 0 spiro atoms. The Kier molecular flexibility index (Phi) is 9.11.